The molecule has 3 aliphatic rings. The maximum atomic E-state index is 11.5. The smallest absolute Gasteiger partial charge is 0.138 e. The van der Waals surface area contributed by atoms with Crippen LogP contribution in [0.15, 0.2) is 72.2 Å². The molecule has 36 heavy (non-hydrogen) atoms. The van der Waals surface area contributed by atoms with Crippen molar-refractivity contribution >= 4 is 55.4 Å². The molecule has 4 aromatic rings. The highest BCUT2D eigenvalue weighted by Gasteiger charge is 2.37. The lowest BCUT2D eigenvalue weighted by molar-refractivity contribution is 0.390. The Balaban J connectivity index is 1.43. The summed E-state index contributed by atoms with van der Waals surface area (Å²) in [6.45, 7) is 1.45. The van der Waals surface area contributed by atoms with Crippen LogP contribution in [-0.2, 0) is 0 Å². The summed E-state index contributed by atoms with van der Waals surface area (Å²) in [7, 11) is 8.29. The van der Waals surface area contributed by atoms with Crippen LogP contribution in [-0.4, -0.2) is 51.7 Å². The minimum absolute atomic E-state index is 0.147. The minimum Gasteiger partial charge on any atom is -0.506 e. The first kappa shape index (κ1) is 21.0. The van der Waals surface area contributed by atoms with E-state index in [1.54, 1.807) is 0 Å². The van der Waals surface area contributed by atoms with Gasteiger partial charge in [0.2, 0.25) is 0 Å². The standard InChI is InChI=1S/C30H28N4O2/c1-31-15-33(3)27-19(13-11-17-7-5-9-21(31)23(17)27)25-29(35)26(30(25)36)20-14-12-18-8-6-10-22-24(18)28(20)34(4)16-32(22)2/h5-14,35-36H,15-16H2,1-4H3. The second-order valence-corrected chi connectivity index (χ2v) is 10.2. The fraction of sp³-hybridized carbons (Fsp3) is 0.200. The van der Waals surface area contributed by atoms with Crippen LogP contribution in [0, 0.1) is 0 Å². The van der Waals surface area contributed by atoms with Crippen LogP contribution in [0.1, 0.15) is 11.1 Å². The number of aliphatic hydroxyl groups is 2. The topological polar surface area (TPSA) is 53.4 Å². The quantitative estimate of drug-likeness (QED) is 0.374. The van der Waals surface area contributed by atoms with Crippen molar-refractivity contribution in [2.75, 3.05) is 61.1 Å². The Hall–Kier alpha value is -4.32. The summed E-state index contributed by atoms with van der Waals surface area (Å²) in [5, 5.41) is 27.5. The summed E-state index contributed by atoms with van der Waals surface area (Å²) in [6.07, 6.45) is 0. The Kier molecular flexibility index (Phi) is 4.14. The van der Waals surface area contributed by atoms with Gasteiger partial charge in [0, 0.05) is 61.5 Å². The maximum absolute atomic E-state index is 11.5. The van der Waals surface area contributed by atoms with Crippen molar-refractivity contribution < 1.29 is 10.2 Å². The molecule has 0 atom stereocenters. The van der Waals surface area contributed by atoms with Gasteiger partial charge in [-0.3, -0.25) is 0 Å². The van der Waals surface area contributed by atoms with E-state index in [0.29, 0.717) is 11.1 Å². The molecular formula is C30H28N4O2. The largest absolute Gasteiger partial charge is 0.506 e. The molecule has 0 aromatic heterocycles. The summed E-state index contributed by atoms with van der Waals surface area (Å²) < 4.78 is 0. The molecule has 2 heterocycles. The number of benzene rings is 4. The molecule has 2 N–H and O–H groups in total. The van der Waals surface area contributed by atoms with Crippen LogP contribution < -0.4 is 19.6 Å². The summed E-state index contributed by atoms with van der Waals surface area (Å²) >= 11 is 0. The van der Waals surface area contributed by atoms with Crippen molar-refractivity contribution in [3.8, 4) is 0 Å². The number of rotatable bonds is 2. The monoisotopic (exact) mass is 476 g/mol. The third-order valence-corrected chi connectivity index (χ3v) is 7.91. The third-order valence-electron chi connectivity index (χ3n) is 7.91. The van der Waals surface area contributed by atoms with Crippen LogP contribution >= 0.6 is 0 Å². The van der Waals surface area contributed by atoms with Gasteiger partial charge in [0.1, 0.15) is 11.5 Å². The molecule has 6 heteroatoms. The molecule has 7 rings (SSSR count). The van der Waals surface area contributed by atoms with Gasteiger partial charge in [-0.25, -0.2) is 0 Å². The fourth-order valence-corrected chi connectivity index (χ4v) is 6.37. The number of anilines is 4. The summed E-state index contributed by atoms with van der Waals surface area (Å²) in [6, 6.07) is 20.8. The zero-order valence-corrected chi connectivity index (χ0v) is 20.9. The van der Waals surface area contributed by atoms with E-state index in [0.717, 1.165) is 68.8 Å². The lowest BCUT2D eigenvalue weighted by Crippen LogP contribution is -2.37. The third kappa shape index (κ3) is 2.56. The average molecular weight is 477 g/mol. The van der Waals surface area contributed by atoms with Gasteiger partial charge in [-0.05, 0) is 22.9 Å². The molecule has 0 unspecified atom stereocenters. The molecule has 2 aliphatic heterocycles. The van der Waals surface area contributed by atoms with Crippen molar-refractivity contribution in [1.29, 1.82) is 0 Å². The number of nitrogens with zero attached hydrogens (tertiary/aromatic N) is 4. The molecule has 0 saturated heterocycles. The highest BCUT2D eigenvalue weighted by atomic mass is 16.3. The molecule has 0 fully saturated rings. The lowest BCUT2D eigenvalue weighted by Gasteiger charge is -2.39. The van der Waals surface area contributed by atoms with E-state index >= 15 is 0 Å². The molecule has 6 nitrogen and oxygen atoms in total. The zero-order valence-electron chi connectivity index (χ0n) is 20.9. The first-order chi connectivity index (χ1) is 17.4. The second-order valence-electron chi connectivity index (χ2n) is 10.2. The van der Waals surface area contributed by atoms with E-state index in [9.17, 15) is 10.2 Å². The van der Waals surface area contributed by atoms with Gasteiger partial charge in [-0.15, -0.1) is 0 Å². The second kappa shape index (κ2) is 7.10. The maximum Gasteiger partial charge on any atom is 0.138 e. The molecule has 0 radical (unpaired) electrons. The number of hydrogen-bond acceptors (Lipinski definition) is 6. The van der Waals surface area contributed by atoms with Crippen molar-refractivity contribution in [2.45, 2.75) is 0 Å². The lowest BCUT2D eigenvalue weighted by atomic mass is 9.81. The predicted octanol–water partition coefficient (Wildman–Crippen LogP) is 5.93. The van der Waals surface area contributed by atoms with Crippen LogP contribution in [0.25, 0.3) is 32.7 Å². The van der Waals surface area contributed by atoms with Gasteiger partial charge in [0.15, 0.2) is 0 Å². The molecule has 1 aliphatic carbocycles. The van der Waals surface area contributed by atoms with Gasteiger partial charge >= 0.3 is 0 Å². The fourth-order valence-electron chi connectivity index (χ4n) is 6.37. The SMILES string of the molecule is CN1CN(C)c2c(C3=C(O)C(c4ccc5cccc6c5c4N(C)CN6C)=C3O)ccc3cccc1c23. The highest BCUT2D eigenvalue weighted by Crippen LogP contribution is 2.53. The molecule has 0 bridgehead atoms. The summed E-state index contributed by atoms with van der Waals surface area (Å²) in [4.78, 5) is 8.82. The van der Waals surface area contributed by atoms with E-state index < -0.39 is 0 Å². The number of aliphatic hydroxyl groups excluding tert-OH is 2. The van der Waals surface area contributed by atoms with Crippen molar-refractivity contribution in [3.05, 3.63) is 83.3 Å². The van der Waals surface area contributed by atoms with Crippen molar-refractivity contribution in [2.24, 2.45) is 0 Å². The molecular weight excluding hydrogens is 448 g/mol. The average Bonchev–Trinajstić information content (AvgIpc) is 2.86. The van der Waals surface area contributed by atoms with E-state index in [1.807, 2.05) is 12.1 Å². The first-order valence-corrected chi connectivity index (χ1v) is 12.2. The Morgan fingerprint density at radius 1 is 0.528 bits per heavy atom. The highest BCUT2D eigenvalue weighted by molar-refractivity contribution is 6.18. The number of hydrogen-bond donors (Lipinski definition) is 2. The Morgan fingerprint density at radius 2 is 0.944 bits per heavy atom. The van der Waals surface area contributed by atoms with Crippen LogP contribution in [0.5, 0.6) is 0 Å². The van der Waals surface area contributed by atoms with Crippen LogP contribution in [0.4, 0.5) is 22.7 Å². The Labute approximate surface area is 210 Å². The van der Waals surface area contributed by atoms with Gasteiger partial charge in [0.05, 0.1) is 35.9 Å². The van der Waals surface area contributed by atoms with Crippen LogP contribution in [0.2, 0.25) is 0 Å². The summed E-state index contributed by atoms with van der Waals surface area (Å²) in [5.41, 5.74) is 7.13. The molecule has 0 spiro atoms. The van der Waals surface area contributed by atoms with Crippen molar-refractivity contribution in [1.82, 2.24) is 0 Å². The normalized spacial score (nSPS) is 17.0. The Morgan fingerprint density at radius 3 is 1.36 bits per heavy atom. The summed E-state index contributed by atoms with van der Waals surface area (Å²) in [5.74, 6) is 0.293. The molecule has 180 valence electrons. The van der Waals surface area contributed by atoms with Gasteiger partial charge in [-0.2, -0.15) is 0 Å². The van der Waals surface area contributed by atoms with E-state index in [-0.39, 0.29) is 11.5 Å². The van der Waals surface area contributed by atoms with E-state index in [4.69, 9.17) is 0 Å². The molecule has 4 aromatic carbocycles. The van der Waals surface area contributed by atoms with E-state index in [1.165, 1.54) is 0 Å². The van der Waals surface area contributed by atoms with Gasteiger partial charge in [0.25, 0.3) is 0 Å². The van der Waals surface area contributed by atoms with E-state index in [2.05, 4.69) is 96.3 Å². The number of allylic oxidation sites excluding steroid dienone is 2. The van der Waals surface area contributed by atoms with Crippen LogP contribution in [0.3, 0.4) is 0 Å². The van der Waals surface area contributed by atoms with Gasteiger partial charge < -0.3 is 29.8 Å². The minimum atomic E-state index is 0.147. The molecule has 0 amide bonds. The predicted molar refractivity (Wildman–Crippen MR) is 150 cm³/mol. The first-order valence-electron chi connectivity index (χ1n) is 12.2. The van der Waals surface area contributed by atoms with Gasteiger partial charge in [-0.1, -0.05) is 48.5 Å². The zero-order chi connectivity index (χ0) is 24.9. The van der Waals surface area contributed by atoms with Crippen molar-refractivity contribution in [3.63, 3.8) is 0 Å². The Bertz CT molecular complexity index is 1550. The molecule has 0 saturated carbocycles.